The van der Waals surface area contributed by atoms with Crippen molar-refractivity contribution in [1.82, 2.24) is 5.32 Å². The zero-order valence-electron chi connectivity index (χ0n) is 10.4. The molecule has 0 heterocycles. The Morgan fingerprint density at radius 2 is 1.75 bits per heavy atom. The molecule has 2 aromatic carbocycles. The largest absolute Gasteiger partial charge is 0.309 e. The Morgan fingerprint density at radius 3 is 2.40 bits per heavy atom. The van der Waals surface area contributed by atoms with Gasteiger partial charge >= 0.3 is 0 Å². The van der Waals surface area contributed by atoms with Gasteiger partial charge in [-0.15, -0.1) is 0 Å². The zero-order chi connectivity index (χ0) is 14.9. The van der Waals surface area contributed by atoms with E-state index in [4.69, 9.17) is 23.2 Å². The first kappa shape index (κ1) is 16.2. The molecule has 2 rings (SSSR count). The van der Waals surface area contributed by atoms with E-state index in [1.54, 1.807) is 19.2 Å². The van der Waals surface area contributed by atoms with Gasteiger partial charge in [-0.2, -0.15) is 0 Å². The van der Waals surface area contributed by atoms with Crippen molar-refractivity contribution >= 4 is 55.1 Å². The molecule has 0 aliphatic carbocycles. The molecule has 1 nitrogen and oxygen atoms in total. The van der Waals surface area contributed by atoms with E-state index in [0.717, 1.165) is 10.0 Å². The minimum Gasteiger partial charge on any atom is -0.309 e. The average Bonchev–Trinajstić information content (AvgIpc) is 2.40. The van der Waals surface area contributed by atoms with Crippen LogP contribution in [-0.2, 0) is 0 Å². The Kier molecular flexibility index (Phi) is 5.49. The lowest BCUT2D eigenvalue weighted by Crippen LogP contribution is -2.19. The second-order valence-electron chi connectivity index (χ2n) is 4.18. The molecule has 1 unspecified atom stereocenters. The summed E-state index contributed by atoms with van der Waals surface area (Å²) in [7, 11) is 1.75. The molecule has 1 N–H and O–H groups in total. The standard InChI is InChI=1S/C14H10Br2Cl2FN/c1-20-14(8-4-7(15)2-3-11(8)17)9-5-12(18)10(16)6-13(9)19/h2-6,14,20H,1H3. The maximum absolute atomic E-state index is 14.2. The van der Waals surface area contributed by atoms with E-state index in [9.17, 15) is 4.39 Å². The summed E-state index contributed by atoms with van der Waals surface area (Å²) >= 11 is 18.9. The summed E-state index contributed by atoms with van der Waals surface area (Å²) in [5, 5.41) is 4.08. The van der Waals surface area contributed by atoms with Gasteiger partial charge in [0.2, 0.25) is 0 Å². The highest BCUT2D eigenvalue weighted by molar-refractivity contribution is 9.10. The van der Waals surface area contributed by atoms with Crippen LogP contribution in [0.4, 0.5) is 4.39 Å². The molecule has 0 aromatic heterocycles. The highest BCUT2D eigenvalue weighted by Gasteiger charge is 2.20. The number of hydrogen-bond acceptors (Lipinski definition) is 1. The highest BCUT2D eigenvalue weighted by atomic mass is 79.9. The van der Waals surface area contributed by atoms with Crippen LogP contribution >= 0.6 is 55.1 Å². The molecule has 0 radical (unpaired) electrons. The summed E-state index contributed by atoms with van der Waals surface area (Å²) in [6.07, 6.45) is 0. The van der Waals surface area contributed by atoms with Gasteiger partial charge in [0.1, 0.15) is 5.82 Å². The Bertz CT molecular complexity index is 649. The fourth-order valence-corrected chi connectivity index (χ4v) is 3.07. The zero-order valence-corrected chi connectivity index (χ0v) is 15.0. The van der Waals surface area contributed by atoms with Crippen LogP contribution in [0.15, 0.2) is 39.3 Å². The molecule has 0 bridgehead atoms. The molecule has 0 amide bonds. The van der Waals surface area contributed by atoms with Crippen molar-refractivity contribution in [3.8, 4) is 0 Å². The summed E-state index contributed by atoms with van der Waals surface area (Å²) < 4.78 is 15.6. The van der Waals surface area contributed by atoms with E-state index in [-0.39, 0.29) is 11.9 Å². The van der Waals surface area contributed by atoms with Crippen LogP contribution in [0.5, 0.6) is 0 Å². The van der Waals surface area contributed by atoms with Gasteiger partial charge in [-0.25, -0.2) is 4.39 Å². The lowest BCUT2D eigenvalue weighted by Gasteiger charge is -2.20. The van der Waals surface area contributed by atoms with Gasteiger partial charge in [0.05, 0.1) is 11.1 Å². The molecule has 0 aliphatic rings. The number of benzene rings is 2. The Labute approximate surface area is 143 Å². The van der Waals surface area contributed by atoms with E-state index in [1.807, 2.05) is 12.1 Å². The van der Waals surface area contributed by atoms with Crippen molar-refractivity contribution in [2.75, 3.05) is 7.05 Å². The monoisotopic (exact) mass is 439 g/mol. The average molecular weight is 442 g/mol. The Morgan fingerprint density at radius 1 is 1.05 bits per heavy atom. The van der Waals surface area contributed by atoms with Crippen molar-refractivity contribution in [2.24, 2.45) is 0 Å². The van der Waals surface area contributed by atoms with Crippen LogP contribution in [0.25, 0.3) is 0 Å². The van der Waals surface area contributed by atoms with Crippen molar-refractivity contribution in [3.05, 3.63) is 66.3 Å². The number of nitrogens with one attached hydrogen (secondary N) is 1. The van der Waals surface area contributed by atoms with E-state index in [0.29, 0.717) is 20.1 Å². The van der Waals surface area contributed by atoms with Crippen LogP contribution in [0, 0.1) is 5.82 Å². The van der Waals surface area contributed by atoms with Crippen molar-refractivity contribution in [2.45, 2.75) is 6.04 Å². The fourth-order valence-electron chi connectivity index (χ4n) is 1.97. The SMILES string of the molecule is CNC(c1cc(Cl)c(Br)cc1F)c1cc(Br)ccc1Cl. The van der Waals surface area contributed by atoms with Crippen LogP contribution in [-0.4, -0.2) is 7.05 Å². The molecular formula is C14H10Br2Cl2FN. The third-order valence-corrected chi connectivity index (χ3v) is 4.94. The first-order chi connectivity index (χ1) is 9.43. The van der Waals surface area contributed by atoms with Gasteiger partial charge in [-0.1, -0.05) is 39.1 Å². The molecule has 20 heavy (non-hydrogen) atoms. The minimum absolute atomic E-state index is 0.350. The maximum Gasteiger partial charge on any atom is 0.129 e. The van der Waals surface area contributed by atoms with E-state index in [2.05, 4.69) is 37.2 Å². The van der Waals surface area contributed by atoms with Gasteiger partial charge < -0.3 is 5.32 Å². The summed E-state index contributed by atoms with van der Waals surface area (Å²) in [6.45, 7) is 0. The second kappa shape index (κ2) is 6.75. The molecule has 1 atom stereocenters. The van der Waals surface area contributed by atoms with Crippen LogP contribution in [0.3, 0.4) is 0 Å². The van der Waals surface area contributed by atoms with E-state index < -0.39 is 0 Å². The van der Waals surface area contributed by atoms with Crippen LogP contribution < -0.4 is 5.32 Å². The molecule has 0 saturated heterocycles. The maximum atomic E-state index is 14.2. The first-order valence-corrected chi connectivity index (χ1v) is 8.05. The number of halogens is 5. The predicted octanol–water partition coefficient (Wildman–Crippen LogP) is 5.97. The number of rotatable bonds is 3. The van der Waals surface area contributed by atoms with Gasteiger partial charge in [0.15, 0.2) is 0 Å². The molecule has 0 saturated carbocycles. The lowest BCUT2D eigenvalue weighted by molar-refractivity contribution is 0.575. The van der Waals surface area contributed by atoms with Crippen LogP contribution in [0.1, 0.15) is 17.2 Å². The number of hydrogen-bond donors (Lipinski definition) is 1. The second-order valence-corrected chi connectivity index (χ2v) is 6.76. The van der Waals surface area contributed by atoms with Crippen LogP contribution in [0.2, 0.25) is 10.0 Å². The fraction of sp³-hybridized carbons (Fsp3) is 0.143. The highest BCUT2D eigenvalue weighted by Crippen LogP contribution is 2.35. The van der Waals surface area contributed by atoms with E-state index >= 15 is 0 Å². The van der Waals surface area contributed by atoms with Gasteiger partial charge in [-0.05, 0) is 58.9 Å². The summed E-state index contributed by atoms with van der Waals surface area (Å²) in [4.78, 5) is 0. The normalized spacial score (nSPS) is 12.5. The lowest BCUT2D eigenvalue weighted by atomic mass is 9.98. The Balaban J connectivity index is 2.58. The first-order valence-electron chi connectivity index (χ1n) is 5.70. The molecule has 0 fully saturated rings. The van der Waals surface area contributed by atoms with Crippen molar-refractivity contribution < 1.29 is 4.39 Å². The smallest absolute Gasteiger partial charge is 0.129 e. The molecule has 6 heteroatoms. The quantitative estimate of drug-likeness (QED) is 0.579. The summed E-state index contributed by atoms with van der Waals surface area (Å²) in [5.74, 6) is -0.350. The third kappa shape index (κ3) is 3.37. The molecular weight excluding hydrogens is 432 g/mol. The van der Waals surface area contributed by atoms with E-state index in [1.165, 1.54) is 6.07 Å². The van der Waals surface area contributed by atoms with Crippen molar-refractivity contribution in [3.63, 3.8) is 0 Å². The van der Waals surface area contributed by atoms with Gasteiger partial charge in [0.25, 0.3) is 0 Å². The predicted molar refractivity (Wildman–Crippen MR) is 89.2 cm³/mol. The topological polar surface area (TPSA) is 12.0 Å². The minimum atomic E-state index is -0.384. The molecule has 106 valence electrons. The molecule has 2 aromatic rings. The molecule has 0 aliphatic heterocycles. The van der Waals surface area contributed by atoms with Gasteiger partial charge in [-0.3, -0.25) is 0 Å². The summed E-state index contributed by atoms with van der Waals surface area (Å²) in [6, 6.07) is 8.03. The molecule has 0 spiro atoms. The Hall–Kier alpha value is -0.130. The third-order valence-electron chi connectivity index (χ3n) is 2.91. The van der Waals surface area contributed by atoms with Crippen molar-refractivity contribution in [1.29, 1.82) is 0 Å². The summed E-state index contributed by atoms with van der Waals surface area (Å²) in [5.41, 5.74) is 1.22. The van der Waals surface area contributed by atoms with Gasteiger partial charge in [0, 0.05) is 19.5 Å².